The molecular weight excluding hydrogens is 364 g/mol. The first-order chi connectivity index (χ1) is 12.5. The van der Waals surface area contributed by atoms with Gasteiger partial charge in [0.1, 0.15) is 6.10 Å². The molecule has 1 aliphatic heterocycles. The first-order valence-electron chi connectivity index (χ1n) is 8.36. The fraction of sp³-hybridized carbons (Fsp3) is 0.600. The Bertz CT molecular complexity index is 841. The Morgan fingerprint density at radius 2 is 2.23 bits per heavy atom. The zero-order chi connectivity index (χ0) is 18.4. The molecule has 2 aliphatic rings. The predicted octanol–water partition coefficient (Wildman–Crippen LogP) is -0.333. The second-order valence-corrected chi connectivity index (χ2v) is 6.80. The van der Waals surface area contributed by atoms with Gasteiger partial charge in [0.2, 0.25) is 11.2 Å². The minimum atomic E-state index is -1.18. The molecule has 1 amide bonds. The van der Waals surface area contributed by atoms with Crippen molar-refractivity contribution in [2.75, 3.05) is 19.0 Å². The Kier molecular flexibility index (Phi) is 4.43. The summed E-state index contributed by atoms with van der Waals surface area (Å²) in [5.41, 5.74) is 0.882. The summed E-state index contributed by atoms with van der Waals surface area (Å²) < 4.78 is 7.23. The number of aliphatic hydroxyl groups is 2. The first kappa shape index (κ1) is 17.4. The van der Waals surface area contributed by atoms with E-state index >= 15 is 0 Å². The Balaban J connectivity index is 1.72. The number of aliphatic hydroxyl groups excluding tert-OH is 2. The molecule has 4 atom stereocenters. The van der Waals surface area contributed by atoms with Crippen molar-refractivity contribution in [2.45, 2.75) is 37.3 Å². The number of carbonyl (C=O) groups excluding carboxylic acids is 1. The first-order valence-corrected chi connectivity index (χ1v) is 8.74. The number of fused-ring (bicyclic) bond motifs is 1. The molecule has 0 unspecified atom stereocenters. The smallest absolute Gasteiger partial charge is 0.228 e. The number of carbonyl (C=O) groups is 1. The van der Waals surface area contributed by atoms with Crippen molar-refractivity contribution in [1.82, 2.24) is 24.8 Å². The van der Waals surface area contributed by atoms with Crippen LogP contribution in [0.25, 0.3) is 11.2 Å². The number of nitrogens with one attached hydrogen (secondary N) is 2. The van der Waals surface area contributed by atoms with Crippen LogP contribution in [0.2, 0.25) is 5.28 Å². The maximum Gasteiger partial charge on any atom is 0.228 e. The van der Waals surface area contributed by atoms with E-state index in [0.717, 1.165) is 12.8 Å². The average Bonchev–Trinajstić information content (AvgIpc) is 3.24. The Morgan fingerprint density at radius 3 is 2.88 bits per heavy atom. The van der Waals surface area contributed by atoms with E-state index in [-0.39, 0.29) is 5.28 Å². The van der Waals surface area contributed by atoms with Crippen LogP contribution in [-0.4, -0.2) is 67.5 Å². The van der Waals surface area contributed by atoms with Gasteiger partial charge in [-0.3, -0.25) is 9.36 Å². The van der Waals surface area contributed by atoms with Gasteiger partial charge in [0.05, 0.1) is 25.0 Å². The largest absolute Gasteiger partial charge is 0.394 e. The molecule has 1 saturated carbocycles. The van der Waals surface area contributed by atoms with Gasteiger partial charge in [-0.1, -0.05) is 0 Å². The molecule has 3 heterocycles. The van der Waals surface area contributed by atoms with Gasteiger partial charge in [0.15, 0.2) is 23.2 Å². The maximum absolute atomic E-state index is 12.1. The second kappa shape index (κ2) is 6.62. The lowest BCUT2D eigenvalue weighted by Crippen LogP contribution is -2.40. The lowest BCUT2D eigenvalue weighted by atomic mass is 9.97. The highest BCUT2D eigenvalue weighted by Crippen LogP contribution is 2.37. The maximum atomic E-state index is 12.1. The molecule has 0 radical (unpaired) electrons. The van der Waals surface area contributed by atoms with E-state index in [2.05, 4.69) is 25.6 Å². The monoisotopic (exact) mass is 382 g/mol. The van der Waals surface area contributed by atoms with Gasteiger partial charge in [0.25, 0.3) is 0 Å². The van der Waals surface area contributed by atoms with E-state index in [0.29, 0.717) is 23.0 Å². The topological polar surface area (TPSA) is 134 Å². The summed E-state index contributed by atoms with van der Waals surface area (Å²) in [5.74, 6) is -0.795. The van der Waals surface area contributed by atoms with Gasteiger partial charge in [-0.05, 0) is 24.4 Å². The normalized spacial score (nSPS) is 28.5. The van der Waals surface area contributed by atoms with Crippen molar-refractivity contribution in [3.05, 3.63) is 11.6 Å². The van der Waals surface area contributed by atoms with Crippen LogP contribution in [0.15, 0.2) is 6.33 Å². The van der Waals surface area contributed by atoms with E-state index in [4.69, 9.17) is 16.3 Å². The number of rotatable bonds is 5. The third-order valence-corrected chi connectivity index (χ3v) is 4.86. The summed E-state index contributed by atoms with van der Waals surface area (Å²) in [6.07, 6.45) is 0.620. The molecule has 4 rings (SSSR count). The van der Waals surface area contributed by atoms with Crippen LogP contribution in [0.3, 0.4) is 0 Å². The van der Waals surface area contributed by atoms with Gasteiger partial charge in [-0.2, -0.15) is 9.97 Å². The summed E-state index contributed by atoms with van der Waals surface area (Å²) >= 11 is 6.05. The number of hydrogen-bond donors (Lipinski definition) is 4. The Hall–Kier alpha value is -2.01. The fourth-order valence-electron chi connectivity index (χ4n) is 3.22. The van der Waals surface area contributed by atoms with Crippen molar-refractivity contribution in [3.8, 4) is 0 Å². The predicted molar refractivity (Wildman–Crippen MR) is 91.5 cm³/mol. The number of imidazole rings is 1. The van der Waals surface area contributed by atoms with Crippen LogP contribution in [0, 0.1) is 5.92 Å². The number of hydrogen-bond acceptors (Lipinski definition) is 8. The second-order valence-electron chi connectivity index (χ2n) is 6.46. The highest BCUT2D eigenvalue weighted by atomic mass is 35.5. The van der Waals surface area contributed by atoms with E-state index in [1.807, 2.05) is 0 Å². The van der Waals surface area contributed by atoms with Crippen molar-refractivity contribution >= 4 is 34.5 Å². The molecule has 1 saturated heterocycles. The van der Waals surface area contributed by atoms with Crippen molar-refractivity contribution < 1.29 is 19.7 Å². The van der Waals surface area contributed by atoms with Crippen molar-refractivity contribution in [1.29, 1.82) is 0 Å². The van der Waals surface area contributed by atoms with Gasteiger partial charge in [0, 0.05) is 13.1 Å². The summed E-state index contributed by atoms with van der Waals surface area (Å²) in [5, 5.41) is 25.9. The molecule has 26 heavy (non-hydrogen) atoms. The van der Waals surface area contributed by atoms with Crippen LogP contribution in [0.5, 0.6) is 0 Å². The van der Waals surface area contributed by atoms with Crippen LogP contribution < -0.4 is 10.6 Å². The molecule has 2 aromatic rings. The molecule has 140 valence electrons. The number of nitrogens with zero attached hydrogens (tertiary/aromatic N) is 4. The molecule has 2 aromatic heterocycles. The molecule has 0 bridgehead atoms. The van der Waals surface area contributed by atoms with E-state index in [1.165, 1.54) is 17.9 Å². The third kappa shape index (κ3) is 2.88. The molecule has 11 heteroatoms. The highest BCUT2D eigenvalue weighted by molar-refractivity contribution is 6.28. The van der Waals surface area contributed by atoms with Crippen LogP contribution in [0.1, 0.15) is 19.1 Å². The van der Waals surface area contributed by atoms with Crippen LogP contribution in [-0.2, 0) is 9.53 Å². The van der Waals surface area contributed by atoms with Gasteiger partial charge in [-0.15, -0.1) is 0 Å². The minimum Gasteiger partial charge on any atom is -0.394 e. The minimum absolute atomic E-state index is 0.0384. The van der Waals surface area contributed by atoms with Crippen LogP contribution >= 0.6 is 11.6 Å². The highest BCUT2D eigenvalue weighted by Gasteiger charge is 2.48. The summed E-state index contributed by atoms with van der Waals surface area (Å²) in [7, 11) is 1.46. The molecule has 0 aromatic carbocycles. The average molecular weight is 383 g/mol. The lowest BCUT2D eigenvalue weighted by molar-refractivity contribution is -0.129. The van der Waals surface area contributed by atoms with Crippen LogP contribution in [0.4, 0.5) is 5.82 Å². The van der Waals surface area contributed by atoms with Crippen molar-refractivity contribution in [3.63, 3.8) is 0 Å². The number of anilines is 1. The molecule has 2 fully saturated rings. The van der Waals surface area contributed by atoms with Gasteiger partial charge in [-0.25, -0.2) is 4.98 Å². The zero-order valence-electron chi connectivity index (χ0n) is 14.0. The number of amides is 1. The molecule has 0 spiro atoms. The zero-order valence-corrected chi connectivity index (χ0v) is 14.7. The lowest BCUT2D eigenvalue weighted by Gasteiger charge is -2.18. The van der Waals surface area contributed by atoms with Gasteiger partial charge >= 0.3 is 0 Å². The molecule has 1 aliphatic carbocycles. The third-order valence-electron chi connectivity index (χ3n) is 4.69. The molecular formula is C15H19ClN6O4. The Labute approximate surface area is 153 Å². The number of aromatic nitrogens is 4. The summed E-state index contributed by atoms with van der Waals surface area (Å²) in [6.45, 7) is -0.400. The quantitative estimate of drug-likeness (QED) is 0.516. The standard InChI is InChI=1S/C15H19ClN6O4/c1-17-13(25)8-7(4-23)26-14(10(8)24)22-5-18-9-11(19-6-2-3-6)20-15(16)21-12(9)22/h5-8,10,14,23-24H,2-4H2,1H3,(H,17,25)(H,19,20,21)/t7-,8-,10-,14-/m1/s1. The number of ether oxygens (including phenoxy) is 1. The SMILES string of the molecule is CNC(=O)[C@H]1[C@@H](O)[C@H](n2cnc3c(NC4CC4)nc(Cl)nc32)O[C@@H]1CO. The van der Waals surface area contributed by atoms with E-state index < -0.39 is 36.9 Å². The molecule has 4 N–H and O–H groups in total. The van der Waals surface area contributed by atoms with Gasteiger partial charge < -0.3 is 25.6 Å². The molecule has 10 nitrogen and oxygen atoms in total. The Morgan fingerprint density at radius 1 is 1.46 bits per heavy atom. The van der Waals surface area contributed by atoms with E-state index in [9.17, 15) is 15.0 Å². The number of halogens is 1. The summed E-state index contributed by atoms with van der Waals surface area (Å²) in [6, 6.07) is 0.346. The summed E-state index contributed by atoms with van der Waals surface area (Å²) in [4.78, 5) is 24.8. The fourth-order valence-corrected chi connectivity index (χ4v) is 3.38. The van der Waals surface area contributed by atoms with E-state index in [1.54, 1.807) is 0 Å². The van der Waals surface area contributed by atoms with Crippen molar-refractivity contribution in [2.24, 2.45) is 5.92 Å².